The summed E-state index contributed by atoms with van der Waals surface area (Å²) in [5.74, 6) is -4.91. The summed E-state index contributed by atoms with van der Waals surface area (Å²) in [5.41, 5.74) is 0. The number of unbranched alkanes of at least 4 members (excludes halogenated alkanes) is 18. The molecule has 0 aromatic carbocycles. The van der Waals surface area contributed by atoms with Crippen molar-refractivity contribution in [3.8, 4) is 0 Å². The van der Waals surface area contributed by atoms with E-state index in [9.17, 15) is 32.8 Å². The molecule has 0 saturated carbocycles. The summed E-state index contributed by atoms with van der Waals surface area (Å²) in [5, 5.41) is 19.7. The van der Waals surface area contributed by atoms with Gasteiger partial charge in [0.2, 0.25) is 4.75 Å². The zero-order chi connectivity index (χ0) is 27.3. The molecule has 0 spiro atoms. The standard InChI is InChI=1S/C28H54O7S.2H3N/c1-3-5-7-9-11-13-15-17-19-21-23-25(26(29)30)28(27(31)32,36(33,34)35)24-22-20-18-16-14-12-10-8-6-4-2;;/h25H,3-24H2,1-2H3,(H,29,30)(H,31,32)(H,33,34,35);2*1H3. The molecule has 0 fully saturated rings. The molecule has 9 N–H and O–H groups in total. The highest BCUT2D eigenvalue weighted by atomic mass is 32.2. The van der Waals surface area contributed by atoms with E-state index >= 15 is 0 Å². The number of rotatable bonds is 26. The first-order valence-corrected chi connectivity index (χ1v) is 16.0. The van der Waals surface area contributed by atoms with E-state index in [0.29, 0.717) is 12.8 Å². The first-order valence-electron chi connectivity index (χ1n) is 14.6. The van der Waals surface area contributed by atoms with Gasteiger partial charge in [0.25, 0.3) is 10.1 Å². The van der Waals surface area contributed by atoms with Gasteiger partial charge in [-0.05, 0) is 12.8 Å². The van der Waals surface area contributed by atoms with Crippen molar-refractivity contribution in [1.29, 1.82) is 0 Å². The lowest BCUT2D eigenvalue weighted by molar-refractivity contribution is -0.152. The fourth-order valence-corrected chi connectivity index (χ4v) is 6.32. The van der Waals surface area contributed by atoms with E-state index in [1.807, 2.05) is 0 Å². The van der Waals surface area contributed by atoms with Crippen LogP contribution in [0.15, 0.2) is 0 Å². The number of aliphatic carboxylic acids is 2. The van der Waals surface area contributed by atoms with Gasteiger partial charge in [-0.3, -0.25) is 14.1 Å². The Kier molecular flexibility index (Phi) is 26.9. The molecule has 0 aromatic heterocycles. The van der Waals surface area contributed by atoms with Gasteiger partial charge in [-0.2, -0.15) is 8.42 Å². The fraction of sp³-hybridized carbons (Fsp3) is 0.929. The van der Waals surface area contributed by atoms with Gasteiger partial charge in [-0.1, -0.05) is 142 Å². The highest BCUT2D eigenvalue weighted by Crippen LogP contribution is 2.37. The smallest absolute Gasteiger partial charge is 0.328 e. The molecule has 0 heterocycles. The fourth-order valence-electron chi connectivity index (χ4n) is 5.12. The average molecular weight is 569 g/mol. The van der Waals surface area contributed by atoms with Gasteiger partial charge in [-0.15, -0.1) is 0 Å². The lowest BCUT2D eigenvalue weighted by atomic mass is 9.82. The van der Waals surface area contributed by atoms with Crippen molar-refractivity contribution in [1.82, 2.24) is 12.3 Å². The average Bonchev–Trinajstić information content (AvgIpc) is 2.80. The van der Waals surface area contributed by atoms with Gasteiger partial charge < -0.3 is 22.5 Å². The number of hydrogen-bond acceptors (Lipinski definition) is 6. The van der Waals surface area contributed by atoms with Gasteiger partial charge in [-0.25, -0.2) is 0 Å². The van der Waals surface area contributed by atoms with Crippen molar-refractivity contribution in [2.75, 3.05) is 0 Å². The summed E-state index contributed by atoms with van der Waals surface area (Å²) >= 11 is 0. The van der Waals surface area contributed by atoms with E-state index in [4.69, 9.17) is 0 Å². The van der Waals surface area contributed by atoms with Crippen molar-refractivity contribution in [3.63, 3.8) is 0 Å². The minimum Gasteiger partial charge on any atom is -0.481 e. The van der Waals surface area contributed by atoms with Crippen LogP contribution < -0.4 is 12.3 Å². The molecule has 2 unspecified atom stereocenters. The Hall–Kier alpha value is -1.23. The van der Waals surface area contributed by atoms with Crippen LogP contribution in [-0.4, -0.2) is 39.9 Å². The maximum absolute atomic E-state index is 12.3. The summed E-state index contributed by atoms with van der Waals surface area (Å²) in [4.78, 5) is 24.2. The van der Waals surface area contributed by atoms with E-state index in [2.05, 4.69) is 13.8 Å². The van der Waals surface area contributed by atoms with Crippen LogP contribution in [0, 0.1) is 5.92 Å². The Morgan fingerprint density at radius 3 is 1.21 bits per heavy atom. The maximum atomic E-state index is 12.3. The second-order valence-electron chi connectivity index (χ2n) is 10.5. The molecule has 38 heavy (non-hydrogen) atoms. The summed E-state index contributed by atoms with van der Waals surface area (Å²) in [6.45, 7) is 4.36. The van der Waals surface area contributed by atoms with Gasteiger partial charge in [0.05, 0.1) is 5.92 Å². The molecule has 9 nitrogen and oxygen atoms in total. The lowest BCUT2D eigenvalue weighted by Crippen LogP contribution is -2.55. The van der Waals surface area contributed by atoms with Crippen LogP contribution in [0.4, 0.5) is 0 Å². The number of carboxylic acids is 2. The van der Waals surface area contributed by atoms with Crippen LogP contribution in [0.5, 0.6) is 0 Å². The molecule has 230 valence electrons. The summed E-state index contributed by atoms with van der Waals surface area (Å²) in [7, 11) is -5.12. The van der Waals surface area contributed by atoms with E-state index in [0.717, 1.165) is 51.4 Å². The third-order valence-corrected chi connectivity index (χ3v) is 9.02. The Balaban J connectivity index is -0.00000612. The predicted octanol–water partition coefficient (Wildman–Crippen LogP) is 8.34. The van der Waals surface area contributed by atoms with E-state index in [1.165, 1.54) is 57.8 Å². The molecule has 10 heteroatoms. The SMILES string of the molecule is CCCCCCCCCCCCC(C(=O)O)C(CCCCCCCCCCCC)(C(=O)O)S(=O)(=O)O.N.N. The molecule has 0 radical (unpaired) electrons. The Bertz CT molecular complexity index is 689. The predicted molar refractivity (Wildman–Crippen MR) is 156 cm³/mol. The molecule has 2 atom stereocenters. The first-order chi connectivity index (χ1) is 17.1. The summed E-state index contributed by atoms with van der Waals surface area (Å²) < 4.78 is 31.9. The Morgan fingerprint density at radius 1 is 0.605 bits per heavy atom. The van der Waals surface area contributed by atoms with E-state index < -0.39 is 32.7 Å². The second-order valence-corrected chi connectivity index (χ2v) is 12.1. The zero-order valence-corrected chi connectivity index (χ0v) is 25.2. The normalized spacial score (nSPS) is 13.7. The molecular weight excluding hydrogens is 508 g/mol. The van der Waals surface area contributed by atoms with Crippen LogP contribution in [0.1, 0.15) is 155 Å². The van der Waals surface area contributed by atoms with Gasteiger partial charge in [0, 0.05) is 0 Å². The molecule has 0 aliphatic rings. The van der Waals surface area contributed by atoms with E-state index in [-0.39, 0.29) is 31.6 Å². The third-order valence-electron chi connectivity index (χ3n) is 7.43. The molecule has 0 amide bonds. The van der Waals surface area contributed by atoms with Crippen LogP contribution in [0.25, 0.3) is 0 Å². The molecular formula is C28H60N2O7S. The highest BCUT2D eigenvalue weighted by molar-refractivity contribution is 7.88. The second kappa shape index (κ2) is 24.8. The molecule has 0 bridgehead atoms. The third kappa shape index (κ3) is 16.7. The van der Waals surface area contributed by atoms with Gasteiger partial charge >= 0.3 is 11.9 Å². The Labute approximate surface area is 232 Å². The van der Waals surface area contributed by atoms with E-state index in [1.54, 1.807) is 0 Å². The minimum absolute atomic E-state index is 0. The molecule has 0 aliphatic heterocycles. The maximum Gasteiger partial charge on any atom is 0.328 e. The number of hydrogen-bond donors (Lipinski definition) is 5. The van der Waals surface area contributed by atoms with Crippen LogP contribution >= 0.6 is 0 Å². The number of carbonyl (C=O) groups is 2. The topological polar surface area (TPSA) is 199 Å². The first kappa shape index (κ1) is 41.3. The Morgan fingerprint density at radius 2 is 0.921 bits per heavy atom. The van der Waals surface area contributed by atoms with Crippen molar-refractivity contribution < 1.29 is 32.8 Å². The minimum atomic E-state index is -5.12. The quantitative estimate of drug-likeness (QED) is 0.0502. The van der Waals surface area contributed by atoms with Crippen LogP contribution in [0.3, 0.4) is 0 Å². The molecule has 0 aromatic rings. The molecule has 0 aliphatic carbocycles. The lowest BCUT2D eigenvalue weighted by Gasteiger charge is -2.32. The van der Waals surface area contributed by atoms with Gasteiger partial charge in [0.15, 0.2) is 0 Å². The molecule has 0 rings (SSSR count). The van der Waals surface area contributed by atoms with Crippen LogP contribution in [-0.2, 0) is 19.7 Å². The number of carboxylic acid groups (broad SMARTS) is 2. The highest BCUT2D eigenvalue weighted by Gasteiger charge is 2.58. The van der Waals surface area contributed by atoms with Crippen LogP contribution in [0.2, 0.25) is 0 Å². The molecule has 0 saturated heterocycles. The van der Waals surface area contributed by atoms with Crippen molar-refractivity contribution >= 4 is 22.1 Å². The van der Waals surface area contributed by atoms with Crippen molar-refractivity contribution in [2.24, 2.45) is 5.92 Å². The van der Waals surface area contributed by atoms with Gasteiger partial charge in [0.1, 0.15) is 0 Å². The summed E-state index contributed by atoms with van der Waals surface area (Å²) in [6.07, 6.45) is 19.7. The zero-order valence-electron chi connectivity index (χ0n) is 24.4. The summed E-state index contributed by atoms with van der Waals surface area (Å²) in [6, 6.07) is 0. The largest absolute Gasteiger partial charge is 0.481 e. The monoisotopic (exact) mass is 568 g/mol. The van der Waals surface area contributed by atoms with Crippen molar-refractivity contribution in [2.45, 2.75) is 160 Å². The van der Waals surface area contributed by atoms with Crippen molar-refractivity contribution in [3.05, 3.63) is 0 Å².